The monoisotopic (exact) mass is 483 g/mol. The van der Waals surface area contributed by atoms with Crippen molar-refractivity contribution in [1.82, 2.24) is 30.0 Å². The number of hydrogen-bond acceptors (Lipinski definition) is 5. The zero-order valence-electron chi connectivity index (χ0n) is 18.9. The summed E-state index contributed by atoms with van der Waals surface area (Å²) >= 11 is 12.2. The molecule has 0 saturated heterocycles. The summed E-state index contributed by atoms with van der Waals surface area (Å²) in [7, 11) is 1.80. The van der Waals surface area contributed by atoms with Crippen molar-refractivity contribution in [1.29, 1.82) is 0 Å². The zero-order valence-corrected chi connectivity index (χ0v) is 20.5. The number of carbonyl (C=O) groups is 1. The molecule has 3 heterocycles. The van der Waals surface area contributed by atoms with Crippen LogP contribution in [0.25, 0.3) is 22.3 Å². The molecule has 1 N–H and O–H groups in total. The Balaban J connectivity index is 1.67. The first-order valence-corrected chi connectivity index (χ1v) is 11.0. The van der Waals surface area contributed by atoms with Crippen molar-refractivity contribution in [2.45, 2.75) is 34.2 Å². The topological polar surface area (TPSA) is 90.0 Å². The second-order valence-electron chi connectivity index (χ2n) is 7.90. The summed E-state index contributed by atoms with van der Waals surface area (Å²) in [6.07, 6.45) is 0. The molecule has 0 bridgehead atoms. The predicted octanol–water partition coefficient (Wildman–Crippen LogP) is 4.87. The smallest absolute Gasteiger partial charge is 0.267 e. The number of amides is 1. The predicted molar refractivity (Wildman–Crippen MR) is 131 cm³/mol. The molecule has 0 unspecified atom stereocenters. The van der Waals surface area contributed by atoms with E-state index in [0.717, 1.165) is 17.0 Å². The molecule has 4 rings (SSSR count). The molecule has 0 atom stereocenters. The molecule has 0 fully saturated rings. The maximum absolute atomic E-state index is 13.2. The van der Waals surface area contributed by atoms with Gasteiger partial charge in [-0.15, -0.1) is 0 Å². The Morgan fingerprint density at radius 3 is 2.42 bits per heavy atom. The van der Waals surface area contributed by atoms with Crippen LogP contribution in [-0.4, -0.2) is 36.2 Å². The molecule has 1 aromatic carbocycles. The Morgan fingerprint density at radius 2 is 1.79 bits per heavy atom. The number of fused-ring (bicyclic) bond motifs is 1. The Hall–Kier alpha value is -3.23. The zero-order chi connectivity index (χ0) is 23.9. The minimum Gasteiger partial charge on any atom is -0.267 e. The lowest BCUT2D eigenvalue weighted by atomic mass is 10.1. The molecule has 1 amide bonds. The van der Waals surface area contributed by atoms with Crippen LogP contribution < -0.4 is 5.43 Å². The first-order valence-electron chi connectivity index (χ1n) is 10.3. The molecule has 3 aromatic heterocycles. The standard InChI is InChI=1S/C23H23Cl2N7O/c1-12(11-32-15(4)21(25)14(3)30-32)27-28-23(33)18-10-19(16-6-8-17(24)9-7-16)26-22-20(18)13(2)29-31(22)5/h6-10H,11H2,1-5H3,(H,28,33)/b27-12+. The molecule has 0 spiro atoms. The van der Waals surface area contributed by atoms with E-state index in [9.17, 15) is 4.79 Å². The second-order valence-corrected chi connectivity index (χ2v) is 8.71. The number of benzene rings is 1. The Morgan fingerprint density at radius 1 is 1.09 bits per heavy atom. The van der Waals surface area contributed by atoms with Gasteiger partial charge in [-0.1, -0.05) is 35.3 Å². The van der Waals surface area contributed by atoms with Gasteiger partial charge in [0.1, 0.15) is 0 Å². The summed E-state index contributed by atoms with van der Waals surface area (Å²) in [5.41, 5.74) is 8.21. The number of aromatic nitrogens is 5. The number of hydrazone groups is 1. The Bertz CT molecular complexity index is 1400. The number of pyridine rings is 1. The van der Waals surface area contributed by atoms with Crippen molar-refractivity contribution in [3.8, 4) is 11.3 Å². The summed E-state index contributed by atoms with van der Waals surface area (Å²) in [5, 5.41) is 15.1. The molecule has 10 heteroatoms. The molecule has 170 valence electrons. The van der Waals surface area contributed by atoms with Crippen LogP contribution in [0.3, 0.4) is 0 Å². The van der Waals surface area contributed by atoms with E-state index in [1.807, 2.05) is 39.8 Å². The van der Waals surface area contributed by atoms with Crippen LogP contribution in [0.5, 0.6) is 0 Å². The number of hydrogen-bond donors (Lipinski definition) is 1. The van der Waals surface area contributed by atoms with Gasteiger partial charge in [-0.25, -0.2) is 10.4 Å². The number of nitrogens with zero attached hydrogens (tertiary/aromatic N) is 6. The molecule has 0 saturated carbocycles. The van der Waals surface area contributed by atoms with Crippen LogP contribution in [-0.2, 0) is 13.6 Å². The third-order valence-corrected chi connectivity index (χ3v) is 6.17. The van der Waals surface area contributed by atoms with Crippen LogP contribution in [0.1, 0.15) is 34.4 Å². The highest BCUT2D eigenvalue weighted by molar-refractivity contribution is 6.31. The van der Waals surface area contributed by atoms with Gasteiger partial charge >= 0.3 is 0 Å². The van der Waals surface area contributed by atoms with E-state index in [-0.39, 0.29) is 5.91 Å². The van der Waals surface area contributed by atoms with Crippen LogP contribution in [0.2, 0.25) is 10.0 Å². The van der Waals surface area contributed by atoms with Crippen LogP contribution in [0.4, 0.5) is 0 Å². The molecule has 0 radical (unpaired) electrons. The molecule has 4 aromatic rings. The van der Waals surface area contributed by atoms with Gasteiger partial charge in [-0.3, -0.25) is 14.2 Å². The number of nitrogens with one attached hydrogen (secondary N) is 1. The average Bonchev–Trinajstić information content (AvgIpc) is 3.21. The molecule has 0 aliphatic rings. The van der Waals surface area contributed by atoms with Gasteiger partial charge in [0, 0.05) is 17.6 Å². The number of halogens is 2. The highest BCUT2D eigenvalue weighted by Crippen LogP contribution is 2.27. The van der Waals surface area contributed by atoms with Crippen LogP contribution in [0, 0.1) is 20.8 Å². The van der Waals surface area contributed by atoms with Crippen LogP contribution in [0.15, 0.2) is 35.4 Å². The number of rotatable bonds is 5. The summed E-state index contributed by atoms with van der Waals surface area (Å²) in [5.74, 6) is -0.348. The van der Waals surface area contributed by atoms with Crippen molar-refractivity contribution in [2.24, 2.45) is 12.1 Å². The summed E-state index contributed by atoms with van der Waals surface area (Å²) in [6.45, 7) is 7.83. The fraction of sp³-hybridized carbons (Fsp3) is 0.261. The average molecular weight is 484 g/mol. The van der Waals surface area contributed by atoms with Gasteiger partial charge in [0.2, 0.25) is 0 Å². The van der Waals surface area contributed by atoms with Gasteiger partial charge in [0.15, 0.2) is 5.65 Å². The van der Waals surface area contributed by atoms with E-state index in [0.29, 0.717) is 50.3 Å². The number of aryl methyl sites for hydroxylation is 3. The van der Waals surface area contributed by atoms with E-state index in [2.05, 4.69) is 20.7 Å². The quantitative estimate of drug-likeness (QED) is 0.323. The van der Waals surface area contributed by atoms with E-state index in [1.54, 1.807) is 34.6 Å². The van der Waals surface area contributed by atoms with Crippen molar-refractivity contribution in [3.05, 3.63) is 63.0 Å². The largest absolute Gasteiger partial charge is 0.272 e. The van der Waals surface area contributed by atoms with Crippen molar-refractivity contribution in [2.75, 3.05) is 0 Å². The summed E-state index contributed by atoms with van der Waals surface area (Å²) in [4.78, 5) is 17.9. The number of carbonyl (C=O) groups excluding carboxylic acids is 1. The molecule has 8 nitrogen and oxygen atoms in total. The van der Waals surface area contributed by atoms with Crippen molar-refractivity contribution in [3.63, 3.8) is 0 Å². The van der Waals surface area contributed by atoms with Crippen molar-refractivity contribution >= 4 is 45.9 Å². The maximum Gasteiger partial charge on any atom is 0.272 e. The van der Waals surface area contributed by atoms with Crippen LogP contribution >= 0.6 is 23.2 Å². The fourth-order valence-electron chi connectivity index (χ4n) is 3.68. The lowest BCUT2D eigenvalue weighted by Gasteiger charge is -2.09. The maximum atomic E-state index is 13.2. The molecular weight excluding hydrogens is 461 g/mol. The normalized spacial score (nSPS) is 11.9. The fourth-order valence-corrected chi connectivity index (χ4v) is 3.94. The highest BCUT2D eigenvalue weighted by Gasteiger charge is 2.19. The minimum absolute atomic E-state index is 0.348. The Labute approximate surface area is 201 Å². The lowest BCUT2D eigenvalue weighted by Crippen LogP contribution is -2.21. The van der Waals surface area contributed by atoms with E-state index in [4.69, 9.17) is 28.2 Å². The molecule has 0 aliphatic heterocycles. The lowest BCUT2D eigenvalue weighted by molar-refractivity contribution is 0.0956. The van der Waals surface area contributed by atoms with Gasteiger partial charge in [-0.05, 0) is 45.9 Å². The molecule has 0 aliphatic carbocycles. The van der Waals surface area contributed by atoms with E-state index < -0.39 is 0 Å². The second kappa shape index (κ2) is 8.96. The first-order chi connectivity index (χ1) is 15.7. The van der Waals surface area contributed by atoms with E-state index >= 15 is 0 Å². The van der Waals surface area contributed by atoms with Gasteiger partial charge in [0.25, 0.3) is 5.91 Å². The summed E-state index contributed by atoms with van der Waals surface area (Å²) < 4.78 is 3.43. The third-order valence-electron chi connectivity index (χ3n) is 5.37. The summed E-state index contributed by atoms with van der Waals surface area (Å²) in [6, 6.07) is 9.06. The van der Waals surface area contributed by atoms with Crippen molar-refractivity contribution < 1.29 is 4.79 Å². The SMILES string of the molecule is C/C(Cn1nc(C)c(Cl)c1C)=N\NC(=O)c1cc(-c2ccc(Cl)cc2)nc2c1c(C)nn2C. The Kier molecular flexibility index (Phi) is 6.23. The minimum atomic E-state index is -0.348. The van der Waals surface area contributed by atoms with Gasteiger partial charge < -0.3 is 0 Å². The highest BCUT2D eigenvalue weighted by atomic mass is 35.5. The first kappa shape index (κ1) is 22.9. The molecule has 33 heavy (non-hydrogen) atoms. The van der Waals surface area contributed by atoms with E-state index in [1.165, 1.54) is 0 Å². The third kappa shape index (κ3) is 4.49. The molecular formula is C23H23Cl2N7O. The van der Waals surface area contributed by atoms with Gasteiger partial charge in [0.05, 0.1) is 51.0 Å². The van der Waals surface area contributed by atoms with Gasteiger partial charge in [-0.2, -0.15) is 15.3 Å².